The van der Waals surface area contributed by atoms with Gasteiger partial charge in [-0.25, -0.2) is 0 Å². The summed E-state index contributed by atoms with van der Waals surface area (Å²) in [6.45, 7) is 0.806. The van der Waals surface area contributed by atoms with Gasteiger partial charge >= 0.3 is 0 Å². The molecule has 0 saturated carbocycles. The number of nitriles is 1. The SMILES string of the molecule is COc1cc(C#N)ccc1NC1COCC1O. The van der Waals surface area contributed by atoms with Crippen LogP contribution in [-0.4, -0.2) is 37.6 Å². The van der Waals surface area contributed by atoms with Gasteiger partial charge in [0.15, 0.2) is 0 Å². The molecule has 1 aromatic carbocycles. The molecule has 17 heavy (non-hydrogen) atoms. The maximum Gasteiger partial charge on any atom is 0.143 e. The Morgan fingerprint density at radius 1 is 1.53 bits per heavy atom. The number of benzene rings is 1. The molecule has 2 rings (SSSR count). The van der Waals surface area contributed by atoms with Gasteiger partial charge in [-0.2, -0.15) is 5.26 Å². The van der Waals surface area contributed by atoms with Crippen molar-refractivity contribution in [2.24, 2.45) is 0 Å². The number of aliphatic hydroxyl groups excluding tert-OH is 1. The molecule has 1 saturated heterocycles. The highest BCUT2D eigenvalue weighted by Gasteiger charge is 2.26. The van der Waals surface area contributed by atoms with Gasteiger partial charge in [0.05, 0.1) is 49.8 Å². The van der Waals surface area contributed by atoms with Gasteiger partial charge < -0.3 is 19.9 Å². The number of rotatable bonds is 3. The van der Waals surface area contributed by atoms with Crippen LogP contribution >= 0.6 is 0 Å². The summed E-state index contributed by atoms with van der Waals surface area (Å²) in [4.78, 5) is 0. The Bertz CT molecular complexity index is 442. The standard InChI is InChI=1S/C12H14N2O3/c1-16-12-4-8(5-13)2-3-9(12)14-10-6-17-7-11(10)15/h2-4,10-11,14-15H,6-7H2,1H3. The molecule has 90 valence electrons. The number of anilines is 1. The van der Waals surface area contributed by atoms with E-state index in [1.807, 2.05) is 6.07 Å². The second-order valence-corrected chi connectivity index (χ2v) is 3.88. The van der Waals surface area contributed by atoms with E-state index in [9.17, 15) is 5.11 Å². The Labute approximate surface area is 99.6 Å². The first-order valence-corrected chi connectivity index (χ1v) is 5.35. The van der Waals surface area contributed by atoms with Gasteiger partial charge in [0.1, 0.15) is 5.75 Å². The van der Waals surface area contributed by atoms with E-state index in [4.69, 9.17) is 14.7 Å². The summed E-state index contributed by atoms with van der Waals surface area (Å²) in [6, 6.07) is 7.03. The van der Waals surface area contributed by atoms with E-state index in [1.54, 1.807) is 25.3 Å². The molecular formula is C12H14N2O3. The van der Waals surface area contributed by atoms with Gasteiger partial charge in [-0.15, -0.1) is 0 Å². The van der Waals surface area contributed by atoms with Crippen LogP contribution in [0.2, 0.25) is 0 Å². The van der Waals surface area contributed by atoms with E-state index in [0.29, 0.717) is 24.5 Å². The second-order valence-electron chi connectivity index (χ2n) is 3.88. The number of hydrogen-bond donors (Lipinski definition) is 2. The monoisotopic (exact) mass is 234 g/mol. The molecule has 1 aromatic rings. The normalized spacial score (nSPS) is 23.1. The van der Waals surface area contributed by atoms with E-state index < -0.39 is 6.10 Å². The van der Waals surface area contributed by atoms with Crippen molar-refractivity contribution in [1.29, 1.82) is 5.26 Å². The highest BCUT2D eigenvalue weighted by Crippen LogP contribution is 2.27. The molecule has 0 spiro atoms. The zero-order valence-corrected chi connectivity index (χ0v) is 9.51. The molecule has 0 aromatic heterocycles. The lowest BCUT2D eigenvalue weighted by atomic mass is 10.1. The fourth-order valence-corrected chi connectivity index (χ4v) is 1.76. The maximum absolute atomic E-state index is 9.63. The summed E-state index contributed by atoms with van der Waals surface area (Å²) in [5.41, 5.74) is 1.29. The van der Waals surface area contributed by atoms with E-state index in [-0.39, 0.29) is 6.04 Å². The van der Waals surface area contributed by atoms with Crippen molar-refractivity contribution in [1.82, 2.24) is 0 Å². The number of methoxy groups -OCH3 is 1. The summed E-state index contributed by atoms with van der Waals surface area (Å²) in [5, 5.41) is 21.6. The fourth-order valence-electron chi connectivity index (χ4n) is 1.76. The minimum Gasteiger partial charge on any atom is -0.495 e. The van der Waals surface area contributed by atoms with Crippen molar-refractivity contribution in [2.45, 2.75) is 12.1 Å². The van der Waals surface area contributed by atoms with Gasteiger partial charge in [-0.1, -0.05) is 0 Å². The average Bonchev–Trinajstić information content (AvgIpc) is 2.75. The smallest absolute Gasteiger partial charge is 0.143 e. The van der Waals surface area contributed by atoms with Crippen molar-refractivity contribution in [2.75, 3.05) is 25.6 Å². The highest BCUT2D eigenvalue weighted by atomic mass is 16.5. The summed E-state index contributed by atoms with van der Waals surface area (Å²) in [7, 11) is 1.54. The number of ether oxygens (including phenoxy) is 2. The number of nitrogens with one attached hydrogen (secondary N) is 1. The fraction of sp³-hybridized carbons (Fsp3) is 0.417. The summed E-state index contributed by atoms with van der Waals surface area (Å²) >= 11 is 0. The van der Waals surface area contributed by atoms with E-state index in [1.165, 1.54) is 0 Å². The van der Waals surface area contributed by atoms with Crippen molar-refractivity contribution >= 4 is 5.69 Å². The van der Waals surface area contributed by atoms with Crippen LogP contribution < -0.4 is 10.1 Å². The topological polar surface area (TPSA) is 74.5 Å². The zero-order valence-electron chi connectivity index (χ0n) is 9.51. The van der Waals surface area contributed by atoms with Crippen LogP contribution in [0.15, 0.2) is 18.2 Å². The lowest BCUT2D eigenvalue weighted by Gasteiger charge is -2.18. The average molecular weight is 234 g/mol. The molecular weight excluding hydrogens is 220 g/mol. The van der Waals surface area contributed by atoms with Crippen molar-refractivity contribution in [3.63, 3.8) is 0 Å². The molecule has 0 amide bonds. The lowest BCUT2D eigenvalue weighted by Crippen LogP contribution is -2.31. The van der Waals surface area contributed by atoms with Crippen molar-refractivity contribution in [3.8, 4) is 11.8 Å². The van der Waals surface area contributed by atoms with Gasteiger partial charge in [-0.05, 0) is 12.1 Å². The third-order valence-corrected chi connectivity index (χ3v) is 2.72. The Hall–Kier alpha value is -1.77. The Morgan fingerprint density at radius 2 is 2.35 bits per heavy atom. The van der Waals surface area contributed by atoms with Crippen LogP contribution in [0.1, 0.15) is 5.56 Å². The highest BCUT2D eigenvalue weighted by molar-refractivity contribution is 5.60. The maximum atomic E-state index is 9.63. The van der Waals surface area contributed by atoms with Crippen molar-refractivity contribution in [3.05, 3.63) is 23.8 Å². The van der Waals surface area contributed by atoms with Crippen LogP contribution in [0.5, 0.6) is 5.75 Å². The minimum absolute atomic E-state index is 0.142. The number of aliphatic hydroxyl groups is 1. The predicted octanol–water partition coefficient (Wildman–Crippen LogP) is 0.738. The molecule has 5 nitrogen and oxygen atoms in total. The Balaban J connectivity index is 2.18. The van der Waals surface area contributed by atoms with Crippen LogP contribution in [-0.2, 0) is 4.74 Å². The van der Waals surface area contributed by atoms with E-state index in [2.05, 4.69) is 5.32 Å². The molecule has 0 bridgehead atoms. The number of hydrogen-bond acceptors (Lipinski definition) is 5. The third-order valence-electron chi connectivity index (χ3n) is 2.72. The summed E-state index contributed by atoms with van der Waals surface area (Å²) < 4.78 is 10.4. The molecule has 1 aliphatic rings. The van der Waals surface area contributed by atoms with Gasteiger partial charge in [0, 0.05) is 6.07 Å². The summed E-state index contributed by atoms with van der Waals surface area (Å²) in [5.74, 6) is 0.586. The van der Waals surface area contributed by atoms with E-state index >= 15 is 0 Å². The zero-order chi connectivity index (χ0) is 12.3. The molecule has 2 N–H and O–H groups in total. The van der Waals surface area contributed by atoms with Crippen LogP contribution in [0, 0.1) is 11.3 Å². The molecule has 1 fully saturated rings. The predicted molar refractivity (Wildman–Crippen MR) is 61.9 cm³/mol. The number of nitrogens with zero attached hydrogens (tertiary/aromatic N) is 1. The van der Waals surface area contributed by atoms with Crippen LogP contribution in [0.3, 0.4) is 0 Å². The Morgan fingerprint density at radius 3 is 2.94 bits per heavy atom. The van der Waals surface area contributed by atoms with Crippen molar-refractivity contribution < 1.29 is 14.6 Å². The molecule has 2 unspecified atom stereocenters. The second kappa shape index (κ2) is 5.04. The molecule has 0 aliphatic carbocycles. The molecule has 5 heteroatoms. The van der Waals surface area contributed by atoms with Gasteiger partial charge in [0.2, 0.25) is 0 Å². The molecule has 2 atom stereocenters. The third kappa shape index (κ3) is 2.49. The first kappa shape index (κ1) is 11.7. The largest absolute Gasteiger partial charge is 0.495 e. The quantitative estimate of drug-likeness (QED) is 0.806. The van der Waals surface area contributed by atoms with Gasteiger partial charge in [0.25, 0.3) is 0 Å². The summed E-state index contributed by atoms with van der Waals surface area (Å²) in [6.07, 6.45) is -0.518. The van der Waals surface area contributed by atoms with Gasteiger partial charge in [-0.3, -0.25) is 0 Å². The minimum atomic E-state index is -0.518. The van der Waals surface area contributed by atoms with Crippen LogP contribution in [0.4, 0.5) is 5.69 Å². The lowest BCUT2D eigenvalue weighted by molar-refractivity contribution is 0.125. The molecule has 0 radical (unpaired) electrons. The molecule has 1 heterocycles. The Kier molecular flexibility index (Phi) is 3.47. The molecule has 1 aliphatic heterocycles. The van der Waals surface area contributed by atoms with E-state index in [0.717, 1.165) is 5.69 Å². The van der Waals surface area contributed by atoms with Crippen LogP contribution in [0.25, 0.3) is 0 Å². The first-order valence-electron chi connectivity index (χ1n) is 5.35. The first-order chi connectivity index (χ1) is 8.24.